The van der Waals surface area contributed by atoms with Gasteiger partial charge in [0.15, 0.2) is 0 Å². The smallest absolute Gasteiger partial charge is 0.328 e. The lowest BCUT2D eigenvalue weighted by Gasteiger charge is -2.54. The summed E-state index contributed by atoms with van der Waals surface area (Å²) in [5.41, 5.74) is 9.09. The number of hydrogen-bond donors (Lipinski definition) is 2. The van der Waals surface area contributed by atoms with Crippen LogP contribution in [0.3, 0.4) is 0 Å². The number of imidazole rings is 1. The highest BCUT2D eigenvalue weighted by Gasteiger charge is 2.45. The second kappa shape index (κ2) is 9.67. The van der Waals surface area contributed by atoms with Gasteiger partial charge < -0.3 is 10.6 Å². The molecule has 1 spiro atoms. The lowest BCUT2D eigenvalue weighted by molar-refractivity contribution is -0.135. The van der Waals surface area contributed by atoms with Crippen molar-refractivity contribution in [1.82, 2.24) is 24.3 Å². The fourth-order valence-corrected chi connectivity index (χ4v) is 7.39. The van der Waals surface area contributed by atoms with E-state index in [-0.39, 0.29) is 23.9 Å². The number of nitrogens with zero attached hydrogens (tertiary/aromatic N) is 4. The highest BCUT2D eigenvalue weighted by atomic mass is 16.2. The molecule has 9 nitrogen and oxygen atoms in total. The number of piperidine rings is 2. The molecule has 37 heavy (non-hydrogen) atoms. The monoisotopic (exact) mass is 508 g/mol. The Morgan fingerprint density at radius 1 is 1.00 bits per heavy atom. The van der Waals surface area contributed by atoms with Crippen molar-refractivity contribution < 1.29 is 9.59 Å². The van der Waals surface area contributed by atoms with E-state index in [4.69, 9.17) is 5.73 Å². The van der Waals surface area contributed by atoms with Crippen molar-refractivity contribution in [2.75, 3.05) is 32.7 Å². The van der Waals surface area contributed by atoms with E-state index in [0.29, 0.717) is 17.9 Å². The summed E-state index contributed by atoms with van der Waals surface area (Å²) in [6.45, 7) is 6.67. The van der Waals surface area contributed by atoms with Crippen molar-refractivity contribution in [3.63, 3.8) is 0 Å². The summed E-state index contributed by atoms with van der Waals surface area (Å²) in [5, 5.41) is 2.39. The highest BCUT2D eigenvalue weighted by Crippen LogP contribution is 2.42. The van der Waals surface area contributed by atoms with E-state index in [2.05, 4.69) is 21.2 Å². The first-order valence-corrected chi connectivity index (χ1v) is 14.0. The van der Waals surface area contributed by atoms with Crippen LogP contribution in [-0.2, 0) is 23.2 Å². The van der Waals surface area contributed by atoms with Crippen LogP contribution in [0.5, 0.6) is 0 Å². The third-order valence-electron chi connectivity index (χ3n) is 9.54. The Labute approximate surface area is 217 Å². The number of hydrogen-bond acceptors (Lipinski definition) is 6. The molecule has 2 amide bonds. The first-order chi connectivity index (χ1) is 17.8. The van der Waals surface area contributed by atoms with Crippen molar-refractivity contribution in [1.29, 1.82) is 0 Å². The molecule has 3 saturated heterocycles. The molecule has 4 fully saturated rings. The predicted octanol–water partition coefficient (Wildman–Crippen LogP) is 1.73. The molecular formula is C28H40N6O3. The van der Waals surface area contributed by atoms with Gasteiger partial charge in [-0.3, -0.25) is 28.9 Å². The van der Waals surface area contributed by atoms with Crippen molar-refractivity contribution in [2.24, 2.45) is 24.1 Å². The Kier molecular flexibility index (Phi) is 6.49. The van der Waals surface area contributed by atoms with Crippen LogP contribution in [0.1, 0.15) is 63.0 Å². The Morgan fingerprint density at radius 2 is 1.73 bits per heavy atom. The molecule has 0 bridgehead atoms. The molecule has 1 aliphatic carbocycles. The van der Waals surface area contributed by atoms with E-state index in [1.165, 1.54) is 58.2 Å². The molecule has 6 rings (SSSR count). The number of benzene rings is 1. The van der Waals surface area contributed by atoms with E-state index >= 15 is 0 Å². The van der Waals surface area contributed by atoms with Gasteiger partial charge in [-0.25, -0.2) is 4.79 Å². The third-order valence-corrected chi connectivity index (χ3v) is 9.54. The van der Waals surface area contributed by atoms with Crippen LogP contribution in [0.4, 0.5) is 0 Å². The van der Waals surface area contributed by atoms with Gasteiger partial charge in [0.2, 0.25) is 11.8 Å². The molecule has 200 valence electrons. The van der Waals surface area contributed by atoms with E-state index in [0.717, 1.165) is 42.1 Å². The van der Waals surface area contributed by atoms with Crippen LogP contribution in [-0.4, -0.2) is 69.5 Å². The van der Waals surface area contributed by atoms with Gasteiger partial charge in [-0.15, -0.1) is 0 Å². The number of rotatable bonds is 5. The number of aryl methyl sites for hydroxylation is 1. The zero-order valence-corrected chi connectivity index (χ0v) is 22.0. The van der Waals surface area contributed by atoms with Gasteiger partial charge in [-0.1, -0.05) is 12.1 Å². The molecule has 1 unspecified atom stereocenters. The molecule has 3 aliphatic heterocycles. The lowest BCUT2D eigenvalue weighted by Crippen LogP contribution is -2.60. The molecule has 1 saturated carbocycles. The standard InChI is InChI=1S/C28H40N6O3/c1-31-25-20(3-2-4-22(25)34(27(31)37)23-9-10-24(35)30-26(23)36)16-33-17-28(18-33)11-13-32(14-12-28)15-19-5-7-21(29)8-6-19/h2-4,19,21,23H,5-18,29H2,1H3,(H,30,35,36)/t19-,21-,23?. The van der Waals surface area contributed by atoms with E-state index in [1.54, 1.807) is 16.2 Å². The summed E-state index contributed by atoms with van der Waals surface area (Å²) in [6.07, 6.45) is 8.09. The maximum absolute atomic E-state index is 13.2. The summed E-state index contributed by atoms with van der Waals surface area (Å²) in [6, 6.07) is 5.77. The zero-order chi connectivity index (χ0) is 25.7. The number of carbonyl (C=O) groups is 2. The predicted molar refractivity (Wildman–Crippen MR) is 142 cm³/mol. The molecule has 9 heteroatoms. The molecule has 1 aromatic carbocycles. The number of imide groups is 1. The van der Waals surface area contributed by atoms with Crippen LogP contribution in [0, 0.1) is 11.3 Å². The van der Waals surface area contributed by atoms with Gasteiger partial charge in [-0.05, 0) is 81.0 Å². The van der Waals surface area contributed by atoms with Gasteiger partial charge in [-0.2, -0.15) is 0 Å². The van der Waals surface area contributed by atoms with Gasteiger partial charge in [0.25, 0.3) is 0 Å². The Hall–Kier alpha value is -2.49. The van der Waals surface area contributed by atoms with E-state index < -0.39 is 6.04 Å². The summed E-state index contributed by atoms with van der Waals surface area (Å²) < 4.78 is 3.24. The molecule has 1 atom stereocenters. The molecule has 2 aromatic rings. The van der Waals surface area contributed by atoms with Crippen LogP contribution in [0.2, 0.25) is 0 Å². The number of carbonyl (C=O) groups excluding carboxylic acids is 2. The SMILES string of the molecule is Cn1c(=O)n(C2CCC(=O)NC2=O)c2cccc(CN3CC4(CCN(C[C@H]5CC[C@H](N)CC5)CC4)C3)c21. The van der Waals surface area contributed by atoms with Crippen LogP contribution in [0.15, 0.2) is 23.0 Å². The van der Waals surface area contributed by atoms with Crippen molar-refractivity contribution >= 4 is 22.8 Å². The van der Waals surface area contributed by atoms with Crippen molar-refractivity contribution in [3.8, 4) is 0 Å². The lowest BCUT2D eigenvalue weighted by atomic mass is 9.71. The minimum atomic E-state index is -0.646. The largest absolute Gasteiger partial charge is 0.329 e. The number of amides is 2. The summed E-state index contributed by atoms with van der Waals surface area (Å²) in [7, 11) is 1.78. The number of likely N-dealkylation sites (tertiary alicyclic amines) is 2. The molecule has 1 aromatic heterocycles. The number of para-hydroxylation sites is 1. The number of nitrogens with two attached hydrogens (primary N) is 1. The maximum Gasteiger partial charge on any atom is 0.329 e. The summed E-state index contributed by atoms with van der Waals surface area (Å²) >= 11 is 0. The zero-order valence-electron chi connectivity index (χ0n) is 22.0. The molecule has 4 aliphatic rings. The normalized spacial score (nSPS) is 29.0. The van der Waals surface area contributed by atoms with Crippen LogP contribution < -0.4 is 16.7 Å². The fraction of sp³-hybridized carbons (Fsp3) is 0.679. The second-order valence-corrected chi connectivity index (χ2v) is 12.2. The third kappa shape index (κ3) is 4.66. The molecular weight excluding hydrogens is 468 g/mol. The summed E-state index contributed by atoms with van der Waals surface area (Å²) in [4.78, 5) is 42.5. The van der Waals surface area contributed by atoms with Gasteiger partial charge >= 0.3 is 5.69 Å². The molecule has 4 heterocycles. The average Bonchev–Trinajstić information content (AvgIpc) is 3.11. The quantitative estimate of drug-likeness (QED) is 0.596. The topological polar surface area (TPSA) is 106 Å². The van der Waals surface area contributed by atoms with Gasteiger partial charge in [0.1, 0.15) is 6.04 Å². The number of aromatic nitrogens is 2. The number of nitrogens with one attached hydrogen (secondary N) is 1. The average molecular weight is 509 g/mol. The maximum atomic E-state index is 13.2. The van der Waals surface area contributed by atoms with E-state index in [9.17, 15) is 14.4 Å². The van der Waals surface area contributed by atoms with E-state index in [1.807, 2.05) is 12.1 Å². The first kappa shape index (κ1) is 24.8. The van der Waals surface area contributed by atoms with Gasteiger partial charge in [0, 0.05) is 45.7 Å². The fourth-order valence-electron chi connectivity index (χ4n) is 7.39. The molecule has 0 radical (unpaired) electrons. The minimum Gasteiger partial charge on any atom is -0.328 e. The Morgan fingerprint density at radius 3 is 2.43 bits per heavy atom. The summed E-state index contributed by atoms with van der Waals surface area (Å²) in [5.74, 6) is 0.164. The van der Waals surface area contributed by atoms with Crippen LogP contribution >= 0.6 is 0 Å². The Bertz CT molecular complexity index is 1240. The van der Waals surface area contributed by atoms with Crippen molar-refractivity contribution in [2.45, 2.75) is 70.0 Å². The molecule has 3 N–H and O–H groups in total. The van der Waals surface area contributed by atoms with Crippen molar-refractivity contribution in [3.05, 3.63) is 34.2 Å². The minimum absolute atomic E-state index is 0.204. The second-order valence-electron chi connectivity index (χ2n) is 12.2. The Balaban J connectivity index is 1.10. The van der Waals surface area contributed by atoms with Gasteiger partial charge in [0.05, 0.1) is 11.0 Å². The van der Waals surface area contributed by atoms with Crippen LogP contribution in [0.25, 0.3) is 11.0 Å². The number of fused-ring (bicyclic) bond motifs is 1. The first-order valence-electron chi connectivity index (χ1n) is 14.0. The highest BCUT2D eigenvalue weighted by molar-refractivity contribution is 6.00.